The van der Waals surface area contributed by atoms with Crippen molar-refractivity contribution in [3.05, 3.63) is 53.3 Å². The minimum Gasteiger partial charge on any atom is -0.504 e. The van der Waals surface area contributed by atoms with Crippen molar-refractivity contribution in [2.45, 2.75) is 25.6 Å². The number of hydrogen-bond donors (Lipinski definition) is 3. The van der Waals surface area contributed by atoms with Gasteiger partial charge >= 0.3 is 6.18 Å². The van der Waals surface area contributed by atoms with Crippen LogP contribution in [0.4, 0.5) is 13.2 Å². The van der Waals surface area contributed by atoms with Crippen LogP contribution >= 0.6 is 0 Å². The average Bonchev–Trinajstić information content (AvgIpc) is 2.50. The molecule has 0 fully saturated rings. The van der Waals surface area contributed by atoms with Crippen molar-refractivity contribution in [2.75, 3.05) is 0 Å². The van der Waals surface area contributed by atoms with Crippen LogP contribution in [0.5, 0.6) is 11.5 Å². The topological polar surface area (TPSA) is 82.5 Å². The van der Waals surface area contributed by atoms with Crippen LogP contribution in [0.1, 0.15) is 28.5 Å². The smallest absolute Gasteiger partial charge is 0.418 e. The summed E-state index contributed by atoms with van der Waals surface area (Å²) in [5.74, 6) is -1.52. The van der Waals surface area contributed by atoms with Crippen molar-refractivity contribution in [2.24, 2.45) is 0 Å². The van der Waals surface area contributed by atoms with E-state index in [0.29, 0.717) is 5.56 Å². The molecule has 2 rings (SSSR count). The molecule has 8 heteroatoms. The van der Waals surface area contributed by atoms with Gasteiger partial charge in [0.05, 0.1) is 5.56 Å². The predicted molar refractivity (Wildman–Crippen MR) is 79.6 cm³/mol. The first-order valence-electron chi connectivity index (χ1n) is 7.02. The summed E-state index contributed by atoms with van der Waals surface area (Å²) in [5, 5.41) is 21.1. The van der Waals surface area contributed by atoms with E-state index in [1.54, 1.807) is 13.0 Å². The Kier molecular flexibility index (Phi) is 4.96. The summed E-state index contributed by atoms with van der Waals surface area (Å²) in [7, 11) is 0. The number of phenolic OH excluding ortho intramolecular Hbond substituents is 2. The van der Waals surface area contributed by atoms with Gasteiger partial charge in [0.15, 0.2) is 11.5 Å². The number of carbonyl (C=O) groups is 1. The van der Waals surface area contributed by atoms with E-state index < -0.39 is 29.4 Å². The molecular formula is C16H15F3N2O3. The number of aromatic nitrogens is 1. The lowest BCUT2D eigenvalue weighted by Crippen LogP contribution is -2.35. The van der Waals surface area contributed by atoms with E-state index in [4.69, 9.17) is 0 Å². The van der Waals surface area contributed by atoms with Gasteiger partial charge in [-0.15, -0.1) is 0 Å². The van der Waals surface area contributed by atoms with Crippen LogP contribution in [0.3, 0.4) is 0 Å². The third kappa shape index (κ3) is 4.15. The van der Waals surface area contributed by atoms with Gasteiger partial charge in [0.2, 0.25) is 0 Å². The summed E-state index contributed by atoms with van der Waals surface area (Å²) in [4.78, 5) is 15.6. The van der Waals surface area contributed by atoms with E-state index in [9.17, 15) is 28.2 Å². The molecule has 0 saturated heterocycles. The number of carbonyl (C=O) groups excluding carboxylic acids is 1. The van der Waals surface area contributed by atoms with Crippen LogP contribution in [0.2, 0.25) is 0 Å². The molecule has 5 nitrogen and oxygen atoms in total. The van der Waals surface area contributed by atoms with Crippen LogP contribution in [0.25, 0.3) is 0 Å². The highest BCUT2D eigenvalue weighted by Crippen LogP contribution is 2.31. The number of aromatic hydroxyl groups is 2. The van der Waals surface area contributed by atoms with Crippen molar-refractivity contribution in [3.63, 3.8) is 0 Å². The second-order valence-electron chi connectivity index (χ2n) is 5.30. The molecule has 0 spiro atoms. The second-order valence-corrected chi connectivity index (χ2v) is 5.30. The van der Waals surface area contributed by atoms with Gasteiger partial charge in [-0.25, -0.2) is 0 Å². The molecule has 1 aromatic carbocycles. The van der Waals surface area contributed by atoms with Crippen LogP contribution in [-0.4, -0.2) is 27.1 Å². The van der Waals surface area contributed by atoms with E-state index in [0.717, 1.165) is 18.3 Å². The largest absolute Gasteiger partial charge is 0.504 e. The molecule has 2 aromatic rings. The number of halogens is 3. The van der Waals surface area contributed by atoms with E-state index in [2.05, 4.69) is 10.3 Å². The fourth-order valence-electron chi connectivity index (χ4n) is 2.21. The van der Waals surface area contributed by atoms with Gasteiger partial charge in [-0.2, -0.15) is 13.2 Å². The van der Waals surface area contributed by atoms with Crippen molar-refractivity contribution in [1.29, 1.82) is 0 Å². The molecule has 24 heavy (non-hydrogen) atoms. The molecular weight excluding hydrogens is 325 g/mol. The first kappa shape index (κ1) is 17.6. The predicted octanol–water partition coefficient (Wildman–Crippen LogP) is 2.87. The fourth-order valence-corrected chi connectivity index (χ4v) is 2.21. The molecule has 0 aliphatic heterocycles. The molecule has 128 valence electrons. The van der Waals surface area contributed by atoms with E-state index >= 15 is 0 Å². The Balaban J connectivity index is 2.11. The number of rotatable bonds is 4. The van der Waals surface area contributed by atoms with Crippen molar-refractivity contribution in [3.8, 4) is 11.5 Å². The van der Waals surface area contributed by atoms with E-state index in [1.807, 2.05) is 0 Å². The molecule has 0 radical (unpaired) electrons. The second kappa shape index (κ2) is 6.77. The first-order valence-corrected chi connectivity index (χ1v) is 7.02. The number of phenols is 2. The lowest BCUT2D eigenvalue weighted by Gasteiger charge is -2.16. The Morgan fingerprint density at radius 3 is 2.58 bits per heavy atom. The molecule has 0 aliphatic carbocycles. The molecule has 1 aromatic heterocycles. The monoisotopic (exact) mass is 340 g/mol. The van der Waals surface area contributed by atoms with Gasteiger partial charge in [-0.1, -0.05) is 6.07 Å². The zero-order valence-corrected chi connectivity index (χ0v) is 12.6. The SMILES string of the molecule is C[C@@H](Cc1ccc(O)c(O)c1)NC(=O)c1ncccc1C(F)(F)F. The summed E-state index contributed by atoms with van der Waals surface area (Å²) in [6, 6.07) is 5.55. The number of hydrogen-bond acceptors (Lipinski definition) is 4. The number of nitrogens with one attached hydrogen (secondary N) is 1. The maximum atomic E-state index is 12.9. The van der Waals surface area contributed by atoms with Gasteiger partial charge in [0.25, 0.3) is 5.91 Å². The molecule has 0 unspecified atom stereocenters. The van der Waals surface area contributed by atoms with Crippen LogP contribution in [-0.2, 0) is 12.6 Å². The highest BCUT2D eigenvalue weighted by molar-refractivity contribution is 5.94. The maximum Gasteiger partial charge on any atom is 0.418 e. The zero-order valence-electron chi connectivity index (χ0n) is 12.6. The van der Waals surface area contributed by atoms with Crippen LogP contribution in [0, 0.1) is 0 Å². The van der Waals surface area contributed by atoms with Crippen molar-refractivity contribution in [1.82, 2.24) is 10.3 Å². The van der Waals surface area contributed by atoms with Crippen LogP contribution < -0.4 is 5.32 Å². The number of alkyl halides is 3. The number of nitrogens with zero attached hydrogens (tertiary/aromatic N) is 1. The first-order chi connectivity index (χ1) is 11.2. The standard InChI is InChI=1S/C16H15F3N2O3/c1-9(7-10-4-5-12(22)13(23)8-10)21-15(24)14-11(16(17,18)19)3-2-6-20-14/h2-6,8-9,22-23H,7H2,1H3,(H,21,24)/t9-/m0/s1. The Bertz CT molecular complexity index is 748. The molecule has 0 bridgehead atoms. The van der Waals surface area contributed by atoms with E-state index in [1.165, 1.54) is 12.1 Å². The molecule has 1 atom stereocenters. The summed E-state index contributed by atoms with van der Waals surface area (Å²) >= 11 is 0. The molecule has 1 amide bonds. The lowest BCUT2D eigenvalue weighted by atomic mass is 10.1. The number of benzene rings is 1. The molecule has 1 heterocycles. The van der Waals surface area contributed by atoms with Gasteiger partial charge in [-0.3, -0.25) is 9.78 Å². The Hall–Kier alpha value is -2.77. The van der Waals surface area contributed by atoms with Gasteiger partial charge < -0.3 is 15.5 Å². The van der Waals surface area contributed by atoms with Crippen LogP contribution in [0.15, 0.2) is 36.5 Å². The number of amides is 1. The third-order valence-corrected chi connectivity index (χ3v) is 3.29. The van der Waals surface area contributed by atoms with Gasteiger partial charge in [-0.05, 0) is 43.2 Å². The minimum absolute atomic E-state index is 0.258. The maximum absolute atomic E-state index is 12.9. The Morgan fingerprint density at radius 1 is 1.25 bits per heavy atom. The summed E-state index contributed by atoms with van der Waals surface area (Å²) < 4.78 is 38.7. The summed E-state index contributed by atoms with van der Waals surface area (Å²) in [6.45, 7) is 1.61. The average molecular weight is 340 g/mol. The third-order valence-electron chi connectivity index (χ3n) is 3.29. The van der Waals surface area contributed by atoms with Crippen molar-refractivity contribution >= 4 is 5.91 Å². The fraction of sp³-hybridized carbons (Fsp3) is 0.250. The van der Waals surface area contributed by atoms with E-state index in [-0.39, 0.29) is 17.9 Å². The van der Waals surface area contributed by atoms with Gasteiger partial charge in [0.1, 0.15) is 5.69 Å². The number of pyridine rings is 1. The summed E-state index contributed by atoms with van der Waals surface area (Å²) in [6.07, 6.45) is -3.30. The van der Waals surface area contributed by atoms with Crippen molar-refractivity contribution < 1.29 is 28.2 Å². The Labute approximate surface area is 135 Å². The minimum atomic E-state index is -4.67. The quantitative estimate of drug-likeness (QED) is 0.748. The highest BCUT2D eigenvalue weighted by atomic mass is 19.4. The summed E-state index contributed by atoms with van der Waals surface area (Å²) in [5.41, 5.74) is -1.18. The molecule has 0 saturated carbocycles. The lowest BCUT2D eigenvalue weighted by molar-refractivity contribution is -0.138. The normalized spacial score (nSPS) is 12.7. The zero-order chi connectivity index (χ0) is 17.9. The Morgan fingerprint density at radius 2 is 1.96 bits per heavy atom. The van der Waals surface area contributed by atoms with Gasteiger partial charge in [0, 0.05) is 12.2 Å². The molecule has 0 aliphatic rings. The highest BCUT2D eigenvalue weighted by Gasteiger charge is 2.36. The molecule has 3 N–H and O–H groups in total.